The Morgan fingerprint density at radius 1 is 0.758 bits per heavy atom. The maximum atomic E-state index is 15.4. The Morgan fingerprint density at radius 3 is 1.86 bits per heavy atom. The van der Waals surface area contributed by atoms with Crippen molar-refractivity contribution in [3.63, 3.8) is 0 Å². The first-order chi connectivity index (χ1) is 43.2. The van der Waals surface area contributed by atoms with Gasteiger partial charge in [-0.05, 0) is 129 Å². The second-order valence-corrected chi connectivity index (χ2v) is 24.0. The number of aliphatic hydroxyl groups is 3. The SMILES string of the molecule is CCC(COC)OC(COCC[C@H]1CCc2c(C)c(F)cc3nc4c(c1c23)Cn1c-4cc([C@@](O)(CC)C(=O)[O-])c(CO)c1=O)OCC(COC)OC(COC)OC.CC[C@H]1CCc2c(C)c(F)cc3nc4c(c1c23)Cn1c-4cc2c(c1=O)COC(=O)[C@]2(O)CC.[Na+]. The molecule has 11 rings (SSSR count). The van der Waals surface area contributed by atoms with Crippen LogP contribution < -0.4 is 45.8 Å². The van der Waals surface area contributed by atoms with Gasteiger partial charge in [-0.25, -0.2) is 23.5 Å². The monoisotopic (exact) mass is 1270 g/mol. The van der Waals surface area contributed by atoms with Crippen LogP contribution in [-0.4, -0.2) is 139 Å². The van der Waals surface area contributed by atoms with Gasteiger partial charge in [0.25, 0.3) is 11.1 Å². The summed E-state index contributed by atoms with van der Waals surface area (Å²) in [6, 6.07) is 5.99. The van der Waals surface area contributed by atoms with Gasteiger partial charge in [0, 0.05) is 85.8 Å². The molecule has 6 aromatic rings. The van der Waals surface area contributed by atoms with E-state index < -0.39 is 59.8 Å². The van der Waals surface area contributed by atoms with Crippen molar-refractivity contribution in [1.29, 1.82) is 0 Å². The minimum atomic E-state index is -2.53. The van der Waals surface area contributed by atoms with Crippen LogP contribution in [-0.2, 0) is 103 Å². The van der Waals surface area contributed by atoms with Crippen LogP contribution in [0.4, 0.5) is 8.78 Å². The molecule has 24 heteroatoms. The fraction of sp³-hybridized carbons (Fsp3) is 0.552. The van der Waals surface area contributed by atoms with Crippen molar-refractivity contribution in [2.75, 3.05) is 68.1 Å². The standard InChI is InChI=1S/C41H57FN2O13.C26H25FN2O4.Na/c1-8-25(18-50-4)56-35(55-20-26(19-51-5)57-34(53-7)21-52-6)22-54-13-12-24-10-11-27-23(3)31(42)15-32-37(27)36(24)28-16-44-33(38(28)43-32)14-30(29(17-45)39(44)46)41(49,9-2)40(47)48;1-4-13-6-7-14-12(3)18(27)9-19-22(14)21(13)15-10-29-20(23(15)28-19)8-17-16(24(29)30)11-33-25(31)26(17,32)5-2;/h14-15,24-26,34-35,45,49H,8-13,16-22H2,1-7H3,(H,47,48);8-9,13,32H,4-7,10-11H2,1-3H3;/q;;+1/p-1/t24-,25?,26?,34?,35?,41+;13-,26-;/m10./s1. The predicted octanol–water partition coefficient (Wildman–Crippen LogP) is 3.55. The van der Waals surface area contributed by atoms with Gasteiger partial charge < -0.3 is 77.0 Å². The van der Waals surface area contributed by atoms with Gasteiger partial charge in [-0.3, -0.25) is 9.59 Å². The molecule has 7 heterocycles. The summed E-state index contributed by atoms with van der Waals surface area (Å²) in [6.07, 6.45) is 2.84. The first kappa shape index (κ1) is 69.9. The van der Waals surface area contributed by atoms with Crippen molar-refractivity contribution in [2.45, 2.75) is 173 Å². The zero-order valence-electron chi connectivity index (χ0n) is 53.8. The van der Waals surface area contributed by atoms with E-state index in [-0.39, 0.29) is 122 Å². The zero-order chi connectivity index (χ0) is 64.7. The van der Waals surface area contributed by atoms with Crippen LogP contribution in [0.15, 0.2) is 33.9 Å². The average Bonchev–Trinajstić information content (AvgIpc) is 1.69. The van der Waals surface area contributed by atoms with Gasteiger partial charge in [-0.1, -0.05) is 27.7 Å². The number of aryl methyl sites for hydroxylation is 2. The first-order valence-corrected chi connectivity index (χ1v) is 31.0. The predicted molar refractivity (Wildman–Crippen MR) is 324 cm³/mol. The Hall–Kier alpha value is -5.48. The second-order valence-electron chi connectivity index (χ2n) is 24.0. The number of fused-ring (bicyclic) bond motifs is 9. The Morgan fingerprint density at radius 2 is 1.32 bits per heavy atom. The molecular formula is C67H81F2N4NaO17. The van der Waals surface area contributed by atoms with Crippen LogP contribution in [0, 0.1) is 25.5 Å². The number of pyridine rings is 4. The van der Waals surface area contributed by atoms with Crippen molar-refractivity contribution < 1.29 is 111 Å². The number of aliphatic hydroxyl groups excluding tert-OH is 1. The summed E-state index contributed by atoms with van der Waals surface area (Å²) in [4.78, 5) is 61.7. The molecule has 8 atom stereocenters. The number of esters is 1. The summed E-state index contributed by atoms with van der Waals surface area (Å²) in [5.41, 5.74) is 4.57. The summed E-state index contributed by atoms with van der Waals surface area (Å²) in [7, 11) is 6.24. The second kappa shape index (κ2) is 29.0. The van der Waals surface area contributed by atoms with E-state index in [0.29, 0.717) is 102 Å². The quantitative estimate of drug-likeness (QED) is 0.0303. The maximum Gasteiger partial charge on any atom is 1.00 e. The molecule has 486 valence electrons. The summed E-state index contributed by atoms with van der Waals surface area (Å²) < 4.78 is 84.3. The first-order valence-electron chi connectivity index (χ1n) is 31.0. The topological polar surface area (TPSA) is 271 Å². The normalized spacial score (nSPS) is 19.4. The van der Waals surface area contributed by atoms with Gasteiger partial charge in [-0.15, -0.1) is 0 Å². The number of cyclic esters (lactones) is 1. The van der Waals surface area contributed by atoms with E-state index in [0.717, 1.165) is 57.9 Å². The molecule has 0 fully saturated rings. The van der Waals surface area contributed by atoms with Crippen LogP contribution in [0.5, 0.6) is 0 Å². The van der Waals surface area contributed by atoms with Crippen LogP contribution in [0.1, 0.15) is 151 Å². The number of hydrogen-bond donors (Lipinski definition) is 3. The largest absolute Gasteiger partial charge is 1.00 e. The molecule has 0 spiro atoms. The number of methoxy groups -OCH3 is 4. The van der Waals surface area contributed by atoms with Crippen LogP contribution in [0.25, 0.3) is 44.6 Å². The molecule has 4 unspecified atom stereocenters. The molecule has 3 aliphatic heterocycles. The van der Waals surface area contributed by atoms with Gasteiger partial charge in [0.05, 0.1) is 104 Å². The number of aliphatic carboxylic acids is 1. The van der Waals surface area contributed by atoms with Gasteiger partial charge >= 0.3 is 35.5 Å². The smallest absolute Gasteiger partial charge is 0.547 e. The van der Waals surface area contributed by atoms with Gasteiger partial charge in [0.2, 0.25) is 0 Å². The molecule has 4 aromatic heterocycles. The van der Waals surface area contributed by atoms with E-state index in [4.69, 9.17) is 52.6 Å². The van der Waals surface area contributed by atoms with E-state index in [1.165, 1.54) is 42.4 Å². The van der Waals surface area contributed by atoms with Crippen molar-refractivity contribution in [1.82, 2.24) is 19.1 Å². The number of carboxylic acids is 1. The Balaban J connectivity index is 0.000000242. The number of rotatable bonds is 26. The fourth-order valence-electron chi connectivity index (χ4n) is 14.0. The molecule has 0 saturated heterocycles. The summed E-state index contributed by atoms with van der Waals surface area (Å²) in [5, 5.41) is 46.5. The molecule has 91 heavy (non-hydrogen) atoms. The number of benzene rings is 2. The number of hydrogen-bond acceptors (Lipinski definition) is 19. The maximum absolute atomic E-state index is 15.4. The summed E-state index contributed by atoms with van der Waals surface area (Å²) >= 11 is 0. The Bertz CT molecular complexity index is 3880. The van der Waals surface area contributed by atoms with E-state index >= 15 is 4.39 Å². The van der Waals surface area contributed by atoms with Crippen molar-refractivity contribution in [3.05, 3.63) is 123 Å². The Kier molecular flexibility index (Phi) is 22.3. The van der Waals surface area contributed by atoms with Crippen LogP contribution in [0.2, 0.25) is 0 Å². The van der Waals surface area contributed by atoms with E-state index in [1.54, 1.807) is 45.8 Å². The third-order valence-electron chi connectivity index (χ3n) is 19.0. The number of halogens is 2. The molecule has 0 bridgehead atoms. The van der Waals surface area contributed by atoms with E-state index in [9.17, 15) is 44.0 Å². The fourth-order valence-corrected chi connectivity index (χ4v) is 14.0. The molecule has 0 radical (unpaired) electrons. The van der Waals surface area contributed by atoms with Crippen LogP contribution in [0.3, 0.4) is 0 Å². The average molecular weight is 1280 g/mol. The molecular weight excluding hydrogens is 1190 g/mol. The minimum absolute atomic E-state index is 0. The number of ether oxygens (including phenoxy) is 9. The van der Waals surface area contributed by atoms with Crippen LogP contribution >= 0.6 is 0 Å². The third kappa shape index (κ3) is 12.7. The van der Waals surface area contributed by atoms with Gasteiger partial charge in [0.15, 0.2) is 18.2 Å². The molecule has 3 N–H and O–H groups in total. The number of carbonyl (C=O) groups excluding carboxylic acids is 2. The third-order valence-corrected chi connectivity index (χ3v) is 19.0. The zero-order valence-corrected chi connectivity index (χ0v) is 55.8. The minimum Gasteiger partial charge on any atom is -0.547 e. The summed E-state index contributed by atoms with van der Waals surface area (Å²) in [5.74, 6) is -2.98. The number of nitrogens with zero attached hydrogens (tertiary/aromatic N) is 4. The molecule has 2 aliphatic carbocycles. The van der Waals surface area contributed by atoms with Crippen molar-refractivity contribution >= 4 is 33.7 Å². The molecule has 21 nitrogen and oxygen atoms in total. The van der Waals surface area contributed by atoms with Crippen molar-refractivity contribution in [2.24, 2.45) is 0 Å². The van der Waals surface area contributed by atoms with E-state index in [2.05, 4.69) is 6.92 Å². The van der Waals surface area contributed by atoms with Crippen molar-refractivity contribution in [3.8, 4) is 22.8 Å². The molecule has 0 amide bonds. The molecule has 2 aromatic carbocycles. The Labute approximate surface area is 548 Å². The van der Waals surface area contributed by atoms with E-state index in [1.807, 2.05) is 13.8 Å². The number of carbonyl (C=O) groups is 2. The number of aromatic nitrogens is 4. The molecule has 5 aliphatic rings. The van der Waals surface area contributed by atoms with Gasteiger partial charge in [0.1, 0.15) is 29.9 Å². The number of carboxylic acid groups (broad SMARTS) is 1. The van der Waals surface area contributed by atoms with Gasteiger partial charge in [-0.2, -0.15) is 0 Å². The molecule has 0 saturated carbocycles. The summed E-state index contributed by atoms with van der Waals surface area (Å²) in [6.45, 7) is 11.7.